The molecule has 0 amide bonds. The minimum atomic E-state index is 0.344. The Kier molecular flexibility index (Phi) is 6.30. The number of hydrogen-bond acceptors (Lipinski definition) is 1. The highest BCUT2D eigenvalue weighted by atomic mass is 16.1. The predicted octanol–water partition coefficient (Wildman–Crippen LogP) is 7.97. The average molecular weight is 387 g/mol. The van der Waals surface area contributed by atoms with Crippen LogP contribution in [0.4, 0.5) is 0 Å². The van der Waals surface area contributed by atoms with E-state index in [1.165, 1.54) is 96.3 Å². The van der Waals surface area contributed by atoms with Gasteiger partial charge in [0.15, 0.2) is 0 Å². The van der Waals surface area contributed by atoms with Crippen LogP contribution in [0.1, 0.15) is 124 Å². The van der Waals surface area contributed by atoms with Gasteiger partial charge in [0.1, 0.15) is 5.78 Å². The van der Waals surface area contributed by atoms with Crippen LogP contribution in [-0.2, 0) is 4.79 Å². The molecule has 0 radical (unpaired) electrons. The van der Waals surface area contributed by atoms with Gasteiger partial charge in [-0.15, -0.1) is 0 Å². The van der Waals surface area contributed by atoms with E-state index in [0.717, 1.165) is 30.1 Å². The van der Waals surface area contributed by atoms with Gasteiger partial charge >= 0.3 is 0 Å². The van der Waals surface area contributed by atoms with Gasteiger partial charge in [-0.05, 0) is 79.4 Å². The second-order valence-electron chi connectivity index (χ2n) is 11.7. The summed E-state index contributed by atoms with van der Waals surface area (Å²) in [5.41, 5.74) is 0.889. The zero-order valence-electron chi connectivity index (χ0n) is 19.1. The molecule has 28 heavy (non-hydrogen) atoms. The first-order valence-corrected chi connectivity index (χ1v) is 13.0. The van der Waals surface area contributed by atoms with E-state index in [2.05, 4.69) is 20.8 Å². The van der Waals surface area contributed by atoms with E-state index in [0.29, 0.717) is 22.5 Å². The molecule has 0 heterocycles. The minimum absolute atomic E-state index is 0.344. The summed E-state index contributed by atoms with van der Waals surface area (Å²) < 4.78 is 0. The maximum atomic E-state index is 13.2. The normalized spacial score (nSPS) is 45.4. The Hall–Kier alpha value is -0.330. The van der Waals surface area contributed by atoms with E-state index in [1.54, 1.807) is 0 Å². The van der Waals surface area contributed by atoms with Gasteiger partial charge in [-0.3, -0.25) is 4.79 Å². The summed E-state index contributed by atoms with van der Waals surface area (Å²) in [6.45, 7) is 7.47. The molecule has 0 spiro atoms. The van der Waals surface area contributed by atoms with Crippen LogP contribution in [0.5, 0.6) is 0 Å². The third kappa shape index (κ3) is 3.51. The van der Waals surface area contributed by atoms with Crippen LogP contribution < -0.4 is 0 Å². The number of ketones is 1. The fraction of sp³-hybridized carbons (Fsp3) is 0.963. The Morgan fingerprint density at radius 1 is 0.821 bits per heavy atom. The molecular formula is C27H46O. The third-order valence-corrected chi connectivity index (χ3v) is 10.5. The van der Waals surface area contributed by atoms with E-state index >= 15 is 0 Å². The zero-order valence-corrected chi connectivity index (χ0v) is 19.1. The molecule has 0 bridgehead atoms. The lowest BCUT2D eigenvalue weighted by Gasteiger charge is -2.59. The van der Waals surface area contributed by atoms with Gasteiger partial charge in [0, 0.05) is 12.3 Å². The van der Waals surface area contributed by atoms with Crippen LogP contribution in [-0.4, -0.2) is 5.78 Å². The molecule has 4 saturated carbocycles. The molecule has 1 heteroatoms. The number of carbonyl (C=O) groups is 1. The molecule has 4 aliphatic rings. The Bertz CT molecular complexity index is 552. The first-order valence-electron chi connectivity index (χ1n) is 13.0. The SMILES string of the molecule is CCCCCCCC[C@H]1CC[C@H]2[C@@H]3CC(=O)[C@@H]4CCCC[C@]4(C)[C@H]3CC[C@]12C. The van der Waals surface area contributed by atoms with Gasteiger partial charge < -0.3 is 0 Å². The van der Waals surface area contributed by atoms with Crippen molar-refractivity contribution in [2.45, 2.75) is 124 Å². The molecule has 0 saturated heterocycles. The van der Waals surface area contributed by atoms with Crippen molar-refractivity contribution in [2.24, 2.45) is 40.4 Å². The summed E-state index contributed by atoms with van der Waals surface area (Å²) >= 11 is 0. The molecule has 0 aromatic carbocycles. The van der Waals surface area contributed by atoms with Crippen LogP contribution >= 0.6 is 0 Å². The predicted molar refractivity (Wildman–Crippen MR) is 118 cm³/mol. The average Bonchev–Trinajstić information content (AvgIpc) is 3.01. The lowest BCUT2D eigenvalue weighted by atomic mass is 9.44. The second kappa shape index (κ2) is 8.43. The van der Waals surface area contributed by atoms with E-state index in [1.807, 2.05) is 0 Å². The maximum absolute atomic E-state index is 13.2. The van der Waals surface area contributed by atoms with Gasteiger partial charge in [-0.2, -0.15) is 0 Å². The van der Waals surface area contributed by atoms with Crippen molar-refractivity contribution in [1.82, 2.24) is 0 Å². The number of Topliss-reactive ketones (excluding diaryl/α,β-unsaturated/α-hetero) is 1. The van der Waals surface area contributed by atoms with Crippen LogP contribution in [0.3, 0.4) is 0 Å². The van der Waals surface area contributed by atoms with E-state index in [9.17, 15) is 4.79 Å². The molecule has 160 valence electrons. The van der Waals surface area contributed by atoms with Gasteiger partial charge in [0.25, 0.3) is 0 Å². The van der Waals surface area contributed by atoms with Crippen molar-refractivity contribution in [3.05, 3.63) is 0 Å². The number of rotatable bonds is 7. The fourth-order valence-corrected chi connectivity index (χ4v) is 8.85. The monoisotopic (exact) mass is 386 g/mol. The second-order valence-corrected chi connectivity index (χ2v) is 11.7. The lowest BCUT2D eigenvalue weighted by Crippen LogP contribution is -2.55. The lowest BCUT2D eigenvalue weighted by molar-refractivity contribution is -0.153. The van der Waals surface area contributed by atoms with Crippen molar-refractivity contribution in [3.63, 3.8) is 0 Å². The Morgan fingerprint density at radius 2 is 1.57 bits per heavy atom. The van der Waals surface area contributed by atoms with Crippen LogP contribution in [0.15, 0.2) is 0 Å². The summed E-state index contributed by atoms with van der Waals surface area (Å²) in [6.07, 6.45) is 21.9. The quantitative estimate of drug-likeness (QED) is 0.405. The highest BCUT2D eigenvalue weighted by molar-refractivity contribution is 5.83. The Labute approximate surface area is 174 Å². The molecule has 0 N–H and O–H groups in total. The van der Waals surface area contributed by atoms with Crippen LogP contribution in [0.25, 0.3) is 0 Å². The standard InChI is InChI=1S/C27H46O/c1-4-5-6-7-8-9-12-20-14-15-22-21-19-25(28)24-13-10-11-17-27(24,3)23(21)16-18-26(20,22)2/h20-24H,4-19H2,1-3H3/t20-,21-,22-,23-,24-,26+,27+/m0/s1. The van der Waals surface area contributed by atoms with Crippen molar-refractivity contribution < 1.29 is 4.79 Å². The summed E-state index contributed by atoms with van der Waals surface area (Å²) in [7, 11) is 0. The Balaban J connectivity index is 1.41. The van der Waals surface area contributed by atoms with Crippen LogP contribution in [0, 0.1) is 40.4 Å². The first-order chi connectivity index (χ1) is 13.5. The highest BCUT2D eigenvalue weighted by Gasteiger charge is 2.61. The molecule has 0 unspecified atom stereocenters. The fourth-order valence-electron chi connectivity index (χ4n) is 8.85. The van der Waals surface area contributed by atoms with Crippen LogP contribution in [0.2, 0.25) is 0 Å². The van der Waals surface area contributed by atoms with Gasteiger partial charge in [0.2, 0.25) is 0 Å². The van der Waals surface area contributed by atoms with E-state index < -0.39 is 0 Å². The third-order valence-electron chi connectivity index (χ3n) is 10.5. The largest absolute Gasteiger partial charge is 0.299 e. The molecule has 0 aliphatic heterocycles. The summed E-state index contributed by atoms with van der Waals surface area (Å²) in [4.78, 5) is 13.2. The van der Waals surface area contributed by atoms with Crippen molar-refractivity contribution >= 4 is 5.78 Å². The maximum Gasteiger partial charge on any atom is 0.136 e. The first kappa shape index (κ1) is 20.9. The van der Waals surface area contributed by atoms with Gasteiger partial charge in [0.05, 0.1) is 0 Å². The number of carbonyl (C=O) groups excluding carboxylic acids is 1. The van der Waals surface area contributed by atoms with E-state index in [-0.39, 0.29) is 0 Å². The molecule has 7 atom stereocenters. The summed E-state index contributed by atoms with van der Waals surface area (Å²) in [5.74, 6) is 4.43. The molecular weight excluding hydrogens is 340 g/mol. The molecule has 4 fully saturated rings. The van der Waals surface area contributed by atoms with Crippen molar-refractivity contribution in [2.75, 3.05) is 0 Å². The molecule has 4 aliphatic carbocycles. The number of unbranched alkanes of at least 4 members (excludes halogenated alkanes) is 5. The number of fused-ring (bicyclic) bond motifs is 5. The molecule has 4 rings (SSSR count). The highest BCUT2D eigenvalue weighted by Crippen LogP contribution is 2.67. The van der Waals surface area contributed by atoms with Crippen molar-refractivity contribution in [1.29, 1.82) is 0 Å². The molecule has 0 aromatic rings. The summed E-state index contributed by atoms with van der Waals surface area (Å²) in [5, 5.41) is 0. The van der Waals surface area contributed by atoms with E-state index in [4.69, 9.17) is 0 Å². The minimum Gasteiger partial charge on any atom is -0.299 e. The van der Waals surface area contributed by atoms with Gasteiger partial charge in [-0.25, -0.2) is 0 Å². The summed E-state index contributed by atoms with van der Waals surface area (Å²) in [6, 6.07) is 0. The van der Waals surface area contributed by atoms with Gasteiger partial charge in [-0.1, -0.05) is 72.1 Å². The van der Waals surface area contributed by atoms with Crippen molar-refractivity contribution in [3.8, 4) is 0 Å². The Morgan fingerprint density at radius 3 is 2.39 bits per heavy atom. The smallest absolute Gasteiger partial charge is 0.136 e. The topological polar surface area (TPSA) is 17.1 Å². The zero-order chi connectivity index (χ0) is 19.8. The number of hydrogen-bond donors (Lipinski definition) is 0. The molecule has 1 nitrogen and oxygen atoms in total. The molecule has 0 aromatic heterocycles.